The summed E-state index contributed by atoms with van der Waals surface area (Å²) in [6, 6.07) is 14.4. The van der Waals surface area contributed by atoms with Crippen LogP contribution < -0.4 is 10.2 Å². The number of nitrogens with zero attached hydrogens (tertiary/aromatic N) is 3. The van der Waals surface area contributed by atoms with Gasteiger partial charge in [-0.05, 0) is 55.8 Å². The Bertz CT molecular complexity index is 1210. The molecule has 0 atom stereocenters. The van der Waals surface area contributed by atoms with Crippen molar-refractivity contribution < 1.29 is 9.53 Å². The van der Waals surface area contributed by atoms with Gasteiger partial charge in [-0.2, -0.15) is 5.10 Å². The van der Waals surface area contributed by atoms with Crippen LogP contribution >= 0.6 is 22.9 Å². The Morgan fingerprint density at radius 3 is 2.67 bits per heavy atom. The lowest BCUT2D eigenvalue weighted by molar-refractivity contribution is 0.0955. The Hall–Kier alpha value is -3.16. The summed E-state index contributed by atoms with van der Waals surface area (Å²) in [6.07, 6.45) is 1.63. The van der Waals surface area contributed by atoms with Gasteiger partial charge < -0.3 is 4.74 Å². The van der Waals surface area contributed by atoms with Crippen LogP contribution in [-0.4, -0.2) is 21.5 Å². The van der Waals surface area contributed by atoms with E-state index in [-0.39, 0.29) is 5.91 Å². The standard InChI is InChI=1S/C22H19ClN4O2S/c1-14-13-30-22-25-15(2)20(27(14)22)11-24-26-21(28)17-5-3-16(4-6-17)12-29-19-9-7-18(23)8-10-19/h3-11,13H,12H2,1-2H3,(H,26,28)/b24-11+. The van der Waals surface area contributed by atoms with Crippen molar-refractivity contribution in [2.24, 2.45) is 5.10 Å². The van der Waals surface area contributed by atoms with E-state index in [1.54, 1.807) is 41.8 Å². The van der Waals surface area contributed by atoms with Gasteiger partial charge in [-0.1, -0.05) is 23.7 Å². The molecular weight excluding hydrogens is 420 g/mol. The Balaban J connectivity index is 1.36. The number of aromatic nitrogens is 2. The zero-order chi connectivity index (χ0) is 21.1. The van der Waals surface area contributed by atoms with Crippen LogP contribution in [0.15, 0.2) is 59.0 Å². The van der Waals surface area contributed by atoms with E-state index in [1.165, 1.54) is 0 Å². The molecule has 0 saturated heterocycles. The summed E-state index contributed by atoms with van der Waals surface area (Å²) < 4.78 is 7.73. The maximum Gasteiger partial charge on any atom is 0.271 e. The van der Waals surface area contributed by atoms with E-state index in [0.29, 0.717) is 17.2 Å². The average Bonchev–Trinajstić information content (AvgIpc) is 3.26. The second-order valence-electron chi connectivity index (χ2n) is 6.72. The fourth-order valence-electron chi connectivity index (χ4n) is 2.94. The first-order valence-electron chi connectivity index (χ1n) is 9.25. The largest absolute Gasteiger partial charge is 0.489 e. The van der Waals surface area contributed by atoms with Crippen molar-refractivity contribution in [1.82, 2.24) is 14.8 Å². The van der Waals surface area contributed by atoms with Crippen molar-refractivity contribution in [2.75, 3.05) is 0 Å². The van der Waals surface area contributed by atoms with E-state index in [0.717, 1.165) is 33.4 Å². The first-order chi connectivity index (χ1) is 14.5. The number of hydrogen-bond acceptors (Lipinski definition) is 5. The molecule has 0 aliphatic heterocycles. The summed E-state index contributed by atoms with van der Waals surface area (Å²) in [5, 5.41) is 6.81. The van der Waals surface area contributed by atoms with Crippen molar-refractivity contribution >= 4 is 40.0 Å². The highest BCUT2D eigenvalue weighted by Gasteiger charge is 2.10. The summed E-state index contributed by atoms with van der Waals surface area (Å²) in [6.45, 7) is 4.34. The number of hydrogen-bond donors (Lipinski definition) is 1. The second-order valence-corrected chi connectivity index (χ2v) is 7.99. The van der Waals surface area contributed by atoms with E-state index in [2.05, 4.69) is 15.5 Å². The highest BCUT2D eigenvalue weighted by molar-refractivity contribution is 7.15. The normalized spacial score (nSPS) is 11.3. The molecule has 0 bridgehead atoms. The molecule has 0 radical (unpaired) electrons. The molecule has 1 N–H and O–H groups in total. The Kier molecular flexibility index (Phi) is 5.83. The number of imidazole rings is 1. The van der Waals surface area contributed by atoms with E-state index in [9.17, 15) is 4.79 Å². The number of hydrazone groups is 1. The summed E-state index contributed by atoms with van der Waals surface area (Å²) in [4.78, 5) is 17.8. The lowest BCUT2D eigenvalue weighted by Gasteiger charge is -2.07. The highest BCUT2D eigenvalue weighted by atomic mass is 35.5. The van der Waals surface area contributed by atoms with Crippen molar-refractivity contribution in [3.05, 3.63) is 87.1 Å². The van der Waals surface area contributed by atoms with Gasteiger partial charge in [0.05, 0.1) is 17.6 Å². The third kappa shape index (κ3) is 4.37. The number of carbonyl (C=O) groups is 1. The van der Waals surface area contributed by atoms with Crippen LogP contribution in [0, 0.1) is 13.8 Å². The lowest BCUT2D eigenvalue weighted by atomic mass is 10.1. The Morgan fingerprint density at radius 2 is 1.93 bits per heavy atom. The summed E-state index contributed by atoms with van der Waals surface area (Å²) in [5.41, 5.74) is 6.86. The number of ether oxygens (including phenoxy) is 1. The van der Waals surface area contributed by atoms with E-state index < -0.39 is 0 Å². The maximum atomic E-state index is 12.4. The van der Waals surface area contributed by atoms with Crippen LogP contribution in [0.4, 0.5) is 0 Å². The molecule has 4 rings (SSSR count). The van der Waals surface area contributed by atoms with Crippen molar-refractivity contribution in [3.8, 4) is 5.75 Å². The van der Waals surface area contributed by atoms with Gasteiger partial charge in [0.1, 0.15) is 12.4 Å². The quantitative estimate of drug-likeness (QED) is 0.340. The molecule has 0 fully saturated rings. The fourth-order valence-corrected chi connectivity index (χ4v) is 3.99. The first kappa shape index (κ1) is 20.1. The van der Waals surface area contributed by atoms with Crippen LogP contribution in [0.3, 0.4) is 0 Å². The number of rotatable bonds is 6. The third-order valence-electron chi connectivity index (χ3n) is 4.54. The number of carbonyl (C=O) groups excluding carboxylic acids is 1. The van der Waals surface area contributed by atoms with Crippen LogP contribution in [0.2, 0.25) is 5.02 Å². The Labute approximate surface area is 182 Å². The molecule has 0 unspecified atom stereocenters. The molecular formula is C22H19ClN4O2S. The molecule has 4 aromatic rings. The number of nitrogens with one attached hydrogen (secondary N) is 1. The van der Waals surface area contributed by atoms with Crippen LogP contribution in [0.1, 0.15) is 33.0 Å². The molecule has 0 aliphatic carbocycles. The molecule has 1 amide bonds. The summed E-state index contributed by atoms with van der Waals surface area (Å²) in [7, 11) is 0. The van der Waals surface area contributed by atoms with Gasteiger partial charge in [-0.25, -0.2) is 10.4 Å². The van der Waals surface area contributed by atoms with Gasteiger partial charge in [-0.15, -0.1) is 11.3 Å². The molecule has 30 heavy (non-hydrogen) atoms. The molecule has 0 saturated carbocycles. The molecule has 2 aromatic heterocycles. The fraction of sp³-hybridized carbons (Fsp3) is 0.136. The molecule has 2 heterocycles. The van der Waals surface area contributed by atoms with Crippen molar-refractivity contribution in [3.63, 3.8) is 0 Å². The minimum absolute atomic E-state index is 0.281. The molecule has 8 heteroatoms. The van der Waals surface area contributed by atoms with Gasteiger partial charge in [-0.3, -0.25) is 9.20 Å². The number of benzene rings is 2. The molecule has 2 aromatic carbocycles. The highest BCUT2D eigenvalue weighted by Crippen LogP contribution is 2.19. The molecule has 0 spiro atoms. The number of fused-ring (bicyclic) bond motifs is 1. The second kappa shape index (κ2) is 8.69. The lowest BCUT2D eigenvalue weighted by Crippen LogP contribution is -2.17. The van der Waals surface area contributed by atoms with E-state index in [4.69, 9.17) is 16.3 Å². The zero-order valence-corrected chi connectivity index (χ0v) is 18.0. The first-order valence-corrected chi connectivity index (χ1v) is 10.5. The molecule has 0 aliphatic rings. The summed E-state index contributed by atoms with van der Waals surface area (Å²) >= 11 is 7.45. The van der Waals surface area contributed by atoms with Crippen LogP contribution in [0.5, 0.6) is 5.75 Å². The van der Waals surface area contributed by atoms with Gasteiger partial charge in [0, 0.05) is 21.7 Å². The van der Waals surface area contributed by atoms with Gasteiger partial charge in [0.2, 0.25) is 0 Å². The van der Waals surface area contributed by atoms with Gasteiger partial charge in [0.15, 0.2) is 4.96 Å². The zero-order valence-electron chi connectivity index (χ0n) is 16.4. The maximum absolute atomic E-state index is 12.4. The van der Waals surface area contributed by atoms with Gasteiger partial charge in [0.25, 0.3) is 5.91 Å². The number of amides is 1. The van der Waals surface area contributed by atoms with Crippen LogP contribution in [-0.2, 0) is 6.61 Å². The van der Waals surface area contributed by atoms with Crippen molar-refractivity contribution in [2.45, 2.75) is 20.5 Å². The minimum atomic E-state index is -0.281. The topological polar surface area (TPSA) is 68.0 Å². The SMILES string of the molecule is Cc1nc2scc(C)n2c1/C=N/NC(=O)c1ccc(COc2ccc(Cl)cc2)cc1. The Morgan fingerprint density at radius 1 is 1.20 bits per heavy atom. The van der Waals surface area contributed by atoms with Crippen molar-refractivity contribution in [1.29, 1.82) is 0 Å². The summed E-state index contributed by atoms with van der Waals surface area (Å²) in [5.74, 6) is 0.456. The number of thiazole rings is 1. The smallest absolute Gasteiger partial charge is 0.271 e. The number of halogens is 1. The number of aryl methyl sites for hydroxylation is 2. The van der Waals surface area contributed by atoms with E-state index >= 15 is 0 Å². The average molecular weight is 439 g/mol. The van der Waals surface area contributed by atoms with Crippen LogP contribution in [0.25, 0.3) is 4.96 Å². The monoisotopic (exact) mass is 438 g/mol. The third-order valence-corrected chi connectivity index (χ3v) is 5.74. The van der Waals surface area contributed by atoms with E-state index in [1.807, 2.05) is 47.9 Å². The minimum Gasteiger partial charge on any atom is -0.489 e. The molecule has 152 valence electrons. The predicted octanol–water partition coefficient (Wildman–Crippen LogP) is 5.01. The molecule has 6 nitrogen and oxygen atoms in total. The predicted molar refractivity (Wildman–Crippen MR) is 120 cm³/mol. The van der Waals surface area contributed by atoms with Gasteiger partial charge >= 0.3 is 0 Å².